The van der Waals surface area contributed by atoms with Crippen LogP contribution in [-0.2, 0) is 20.1 Å². The average Bonchev–Trinajstić information content (AvgIpc) is 2.42. The molecule has 0 amide bonds. The standard InChI is InChI=1S/C16H15Cl2N.2ClH.Ru/c1-11-4-5-15(18)9-13(11)10-19(3)16-7-6-14(17)8-12(16)2;;;/h2,4-9H,10H2,1,3H3;2*1H;/q;;;+2/p-2. The molecule has 0 saturated heterocycles. The van der Waals surface area contributed by atoms with Crippen molar-refractivity contribution >= 4 is 52.9 Å². The summed E-state index contributed by atoms with van der Waals surface area (Å²) in [5.74, 6) is 0. The second kappa shape index (κ2) is 8.13. The van der Waals surface area contributed by atoms with Crippen molar-refractivity contribution in [3.05, 3.63) is 63.1 Å². The summed E-state index contributed by atoms with van der Waals surface area (Å²) < 4.78 is 1.91. The number of anilines is 1. The van der Waals surface area contributed by atoms with Crippen LogP contribution in [-0.4, -0.2) is 11.7 Å². The normalized spacial score (nSPS) is 11.3. The van der Waals surface area contributed by atoms with Crippen LogP contribution in [0.25, 0.3) is 0 Å². The SMILES string of the molecule is Cc1ccc(Cl)cc1CN(C)c1ccc(Cl)cc1[CH]=[Ru]([Cl])[Cl]. The van der Waals surface area contributed by atoms with Gasteiger partial charge in [-0.1, -0.05) is 0 Å². The molecule has 0 saturated carbocycles. The van der Waals surface area contributed by atoms with E-state index >= 15 is 0 Å². The zero-order valence-electron chi connectivity index (χ0n) is 12.1. The fourth-order valence-corrected chi connectivity index (χ4v) is 4.36. The molecule has 0 heterocycles. The van der Waals surface area contributed by atoms with Gasteiger partial charge in [0.1, 0.15) is 0 Å². The third-order valence-corrected chi connectivity index (χ3v) is 5.61. The zero-order chi connectivity index (χ0) is 16.3. The summed E-state index contributed by atoms with van der Waals surface area (Å²) in [7, 11) is 14.1. The van der Waals surface area contributed by atoms with Crippen molar-refractivity contribution in [1.29, 1.82) is 0 Å². The van der Waals surface area contributed by atoms with Crippen LogP contribution in [0.3, 0.4) is 0 Å². The third kappa shape index (κ3) is 4.95. The topological polar surface area (TPSA) is 3.24 Å². The minimum atomic E-state index is -1.92. The maximum atomic E-state index is 6.10. The van der Waals surface area contributed by atoms with Crippen molar-refractivity contribution in [2.75, 3.05) is 11.9 Å². The molecule has 0 fully saturated rings. The summed E-state index contributed by atoms with van der Waals surface area (Å²) in [5.41, 5.74) is 4.40. The van der Waals surface area contributed by atoms with Gasteiger partial charge in [0, 0.05) is 0 Å². The summed E-state index contributed by atoms with van der Waals surface area (Å²) in [6.07, 6.45) is 0. The summed E-state index contributed by atoms with van der Waals surface area (Å²) in [4.78, 5) is 2.14. The first-order valence-electron chi connectivity index (χ1n) is 6.45. The van der Waals surface area contributed by atoms with E-state index in [-0.39, 0.29) is 0 Å². The van der Waals surface area contributed by atoms with E-state index in [0.29, 0.717) is 5.02 Å². The monoisotopic (exact) mass is 463 g/mol. The number of aryl methyl sites for hydroxylation is 1. The second-order valence-electron chi connectivity index (χ2n) is 4.94. The molecule has 0 aliphatic rings. The van der Waals surface area contributed by atoms with E-state index < -0.39 is 13.5 Å². The van der Waals surface area contributed by atoms with Crippen LogP contribution in [0.2, 0.25) is 10.0 Å². The zero-order valence-corrected chi connectivity index (χ0v) is 16.8. The molecule has 2 aromatic rings. The third-order valence-electron chi connectivity index (χ3n) is 3.31. The number of halogens is 4. The Morgan fingerprint density at radius 3 is 2.36 bits per heavy atom. The van der Waals surface area contributed by atoms with Crippen molar-refractivity contribution in [3.8, 4) is 0 Å². The minimum absolute atomic E-state index is 0.672. The van der Waals surface area contributed by atoms with E-state index in [9.17, 15) is 0 Å². The van der Waals surface area contributed by atoms with Gasteiger partial charge >= 0.3 is 155 Å². The fraction of sp³-hybridized carbons (Fsp3) is 0.188. The molecule has 0 bridgehead atoms. The number of benzene rings is 2. The predicted octanol–water partition coefficient (Wildman–Crippen LogP) is 6.01. The van der Waals surface area contributed by atoms with Gasteiger partial charge in [-0.3, -0.25) is 0 Å². The van der Waals surface area contributed by atoms with Gasteiger partial charge < -0.3 is 0 Å². The predicted molar refractivity (Wildman–Crippen MR) is 96.6 cm³/mol. The van der Waals surface area contributed by atoms with Gasteiger partial charge in [-0.05, 0) is 0 Å². The van der Waals surface area contributed by atoms with Gasteiger partial charge in [-0.2, -0.15) is 0 Å². The van der Waals surface area contributed by atoms with Crippen LogP contribution in [0.4, 0.5) is 5.69 Å². The first-order valence-corrected chi connectivity index (χ1v) is 12.7. The van der Waals surface area contributed by atoms with Crippen LogP contribution in [0, 0.1) is 6.92 Å². The van der Waals surface area contributed by atoms with Crippen molar-refractivity contribution in [2.24, 2.45) is 0 Å². The quantitative estimate of drug-likeness (QED) is 0.501. The Hall–Kier alpha value is -0.107. The van der Waals surface area contributed by atoms with Gasteiger partial charge in [0.25, 0.3) is 0 Å². The van der Waals surface area contributed by atoms with Crippen LogP contribution in [0.1, 0.15) is 16.7 Å². The fourth-order valence-electron chi connectivity index (χ4n) is 2.19. The molecule has 2 aromatic carbocycles. The summed E-state index contributed by atoms with van der Waals surface area (Å²) in [5, 5.41) is 1.41. The van der Waals surface area contributed by atoms with Crippen molar-refractivity contribution in [2.45, 2.75) is 13.5 Å². The number of hydrogen-bond acceptors (Lipinski definition) is 1. The first kappa shape index (κ1) is 18.2. The molecular formula is C16H15Cl4NRu. The van der Waals surface area contributed by atoms with E-state index in [1.807, 2.05) is 48.1 Å². The molecular weight excluding hydrogens is 449 g/mol. The van der Waals surface area contributed by atoms with E-state index in [2.05, 4.69) is 11.8 Å². The van der Waals surface area contributed by atoms with Gasteiger partial charge in [0.05, 0.1) is 0 Å². The van der Waals surface area contributed by atoms with Crippen LogP contribution < -0.4 is 4.90 Å². The second-order valence-corrected chi connectivity index (χ2v) is 11.5. The molecule has 6 heteroatoms. The molecule has 0 unspecified atom stereocenters. The van der Waals surface area contributed by atoms with Gasteiger partial charge in [-0.25, -0.2) is 0 Å². The van der Waals surface area contributed by atoms with Gasteiger partial charge in [0.2, 0.25) is 0 Å². The first-order chi connectivity index (χ1) is 10.4. The Bertz CT molecular complexity index is 711. The number of hydrogen-bond donors (Lipinski definition) is 0. The Balaban J connectivity index is 2.35. The van der Waals surface area contributed by atoms with Crippen LogP contribution in [0.15, 0.2) is 36.4 Å². The van der Waals surface area contributed by atoms with Crippen molar-refractivity contribution in [3.63, 3.8) is 0 Å². The Morgan fingerprint density at radius 2 is 1.68 bits per heavy atom. The van der Waals surface area contributed by atoms with Crippen LogP contribution >= 0.6 is 42.6 Å². The molecule has 0 aliphatic heterocycles. The average molecular weight is 464 g/mol. The maximum absolute atomic E-state index is 6.10. The van der Waals surface area contributed by atoms with E-state index in [4.69, 9.17) is 42.6 Å². The Labute approximate surface area is 154 Å². The molecule has 22 heavy (non-hydrogen) atoms. The van der Waals surface area contributed by atoms with Gasteiger partial charge in [-0.15, -0.1) is 0 Å². The van der Waals surface area contributed by atoms with E-state index in [1.165, 1.54) is 11.1 Å². The molecule has 0 atom stereocenters. The van der Waals surface area contributed by atoms with E-state index in [1.54, 1.807) is 0 Å². The number of nitrogens with zero attached hydrogens (tertiary/aromatic N) is 1. The van der Waals surface area contributed by atoms with Crippen LogP contribution in [0.5, 0.6) is 0 Å². The molecule has 0 aliphatic carbocycles. The molecule has 0 N–H and O–H groups in total. The Morgan fingerprint density at radius 1 is 1.05 bits per heavy atom. The summed E-state index contributed by atoms with van der Waals surface area (Å²) >= 11 is 10.3. The van der Waals surface area contributed by atoms with Gasteiger partial charge in [0.15, 0.2) is 0 Å². The summed E-state index contributed by atoms with van der Waals surface area (Å²) in [6, 6.07) is 11.7. The molecule has 0 radical (unpaired) electrons. The molecule has 1 nitrogen and oxygen atoms in total. The molecule has 0 spiro atoms. The molecule has 2 rings (SSSR count). The molecule has 120 valence electrons. The van der Waals surface area contributed by atoms with Crippen molar-refractivity contribution < 1.29 is 13.5 Å². The van der Waals surface area contributed by atoms with Crippen molar-refractivity contribution in [1.82, 2.24) is 0 Å². The van der Waals surface area contributed by atoms with E-state index in [0.717, 1.165) is 22.8 Å². The molecule has 0 aromatic heterocycles. The Kier molecular flexibility index (Phi) is 6.74. The summed E-state index contributed by atoms with van der Waals surface area (Å²) in [6.45, 7) is 2.82. The number of rotatable bonds is 4.